The van der Waals surface area contributed by atoms with Crippen molar-refractivity contribution >= 4 is 22.0 Å². The van der Waals surface area contributed by atoms with Crippen LogP contribution in [0, 0.1) is 0 Å². The maximum atomic E-state index is 12.4. The average Bonchev–Trinajstić information content (AvgIpc) is 2.65. The molecule has 1 fully saturated rings. The van der Waals surface area contributed by atoms with E-state index in [1.165, 1.54) is 16.1 Å². The van der Waals surface area contributed by atoms with Gasteiger partial charge in [-0.15, -0.1) is 0 Å². The molecule has 2 rings (SSSR count). The summed E-state index contributed by atoms with van der Waals surface area (Å²) in [5.74, 6) is 0.0410. The van der Waals surface area contributed by atoms with Crippen molar-refractivity contribution in [1.82, 2.24) is 14.1 Å². The van der Waals surface area contributed by atoms with Crippen LogP contribution in [0.4, 0.5) is 0 Å². The first-order valence-electron chi connectivity index (χ1n) is 9.57. The third-order valence-electron chi connectivity index (χ3n) is 4.72. The van der Waals surface area contributed by atoms with Crippen LogP contribution in [0.1, 0.15) is 25.3 Å². The van der Waals surface area contributed by atoms with E-state index < -0.39 is 10.0 Å². The van der Waals surface area contributed by atoms with Gasteiger partial charge in [-0.25, -0.2) is 12.7 Å². The van der Waals surface area contributed by atoms with Crippen molar-refractivity contribution in [2.24, 2.45) is 0 Å². The zero-order chi connectivity index (χ0) is 19.7. The number of hydrogen-bond acceptors (Lipinski definition) is 4. The van der Waals surface area contributed by atoms with Crippen LogP contribution in [0.25, 0.3) is 6.08 Å². The van der Waals surface area contributed by atoms with Gasteiger partial charge in [0.25, 0.3) is 0 Å². The number of nitrogens with zero attached hydrogens (tertiary/aromatic N) is 3. The van der Waals surface area contributed by atoms with Crippen LogP contribution in [0.15, 0.2) is 36.4 Å². The summed E-state index contributed by atoms with van der Waals surface area (Å²) in [4.78, 5) is 16.6. The highest BCUT2D eigenvalue weighted by Crippen LogP contribution is 2.08. The maximum Gasteiger partial charge on any atom is 0.223 e. The number of rotatable bonds is 9. The predicted molar refractivity (Wildman–Crippen MR) is 110 cm³/mol. The molecule has 7 heteroatoms. The Bertz CT molecular complexity index is 711. The molecule has 0 bridgehead atoms. The number of hydrogen-bond donors (Lipinski definition) is 0. The zero-order valence-corrected chi connectivity index (χ0v) is 17.2. The Kier molecular flexibility index (Phi) is 8.47. The van der Waals surface area contributed by atoms with Crippen molar-refractivity contribution in [1.29, 1.82) is 0 Å². The van der Waals surface area contributed by atoms with Crippen molar-refractivity contribution in [3.63, 3.8) is 0 Å². The van der Waals surface area contributed by atoms with Gasteiger partial charge in [0.1, 0.15) is 0 Å². The maximum absolute atomic E-state index is 12.4. The highest BCUT2D eigenvalue weighted by atomic mass is 32.2. The van der Waals surface area contributed by atoms with Crippen LogP contribution in [0.2, 0.25) is 0 Å². The van der Waals surface area contributed by atoms with Gasteiger partial charge in [0.05, 0.1) is 6.26 Å². The van der Waals surface area contributed by atoms with Crippen LogP contribution < -0.4 is 0 Å². The SMILES string of the molecule is CCCN(CCC(=O)N1CCN(C/C=C/c2ccccc2)CC1)S(C)(=O)=O. The molecule has 0 atom stereocenters. The molecule has 6 nitrogen and oxygen atoms in total. The van der Waals surface area contributed by atoms with Gasteiger partial charge in [-0.3, -0.25) is 9.69 Å². The third-order valence-corrected chi connectivity index (χ3v) is 6.02. The fourth-order valence-corrected chi connectivity index (χ4v) is 4.09. The van der Waals surface area contributed by atoms with Crippen molar-refractivity contribution in [2.45, 2.75) is 19.8 Å². The van der Waals surface area contributed by atoms with Crippen molar-refractivity contribution in [3.05, 3.63) is 42.0 Å². The minimum Gasteiger partial charge on any atom is -0.340 e. The van der Waals surface area contributed by atoms with E-state index in [0.717, 1.165) is 26.1 Å². The molecule has 0 radical (unpaired) electrons. The van der Waals surface area contributed by atoms with Gasteiger partial charge >= 0.3 is 0 Å². The highest BCUT2D eigenvalue weighted by Gasteiger charge is 2.22. The zero-order valence-electron chi connectivity index (χ0n) is 16.4. The lowest BCUT2D eigenvalue weighted by Gasteiger charge is -2.34. The smallest absolute Gasteiger partial charge is 0.223 e. The fraction of sp³-hybridized carbons (Fsp3) is 0.550. The van der Waals surface area contributed by atoms with Crippen molar-refractivity contribution < 1.29 is 13.2 Å². The van der Waals surface area contributed by atoms with E-state index in [1.54, 1.807) is 0 Å². The van der Waals surface area contributed by atoms with E-state index in [9.17, 15) is 13.2 Å². The second-order valence-electron chi connectivity index (χ2n) is 6.91. The topological polar surface area (TPSA) is 60.9 Å². The molecule has 27 heavy (non-hydrogen) atoms. The first-order valence-corrected chi connectivity index (χ1v) is 11.4. The summed E-state index contributed by atoms with van der Waals surface area (Å²) in [6.45, 7) is 6.63. The molecule has 150 valence electrons. The second-order valence-corrected chi connectivity index (χ2v) is 8.89. The molecule has 1 saturated heterocycles. The first kappa shape index (κ1) is 21.6. The standard InChI is InChI=1S/C20H31N3O3S/c1-3-12-23(27(2,25)26)14-11-20(24)22-17-15-21(16-18-22)13-7-10-19-8-5-4-6-9-19/h4-10H,3,11-18H2,1-2H3/b10-7+. The van der Waals surface area contributed by atoms with Gasteiger partial charge in [-0.1, -0.05) is 49.4 Å². The van der Waals surface area contributed by atoms with Gasteiger partial charge in [0.15, 0.2) is 0 Å². The largest absolute Gasteiger partial charge is 0.340 e. The molecule has 0 aliphatic carbocycles. The summed E-state index contributed by atoms with van der Waals surface area (Å²) >= 11 is 0. The number of amides is 1. The molecule has 1 aromatic rings. The molecule has 0 unspecified atom stereocenters. The van der Waals surface area contributed by atoms with Crippen LogP contribution in [-0.4, -0.2) is 80.5 Å². The Hall–Kier alpha value is -1.70. The van der Waals surface area contributed by atoms with E-state index in [2.05, 4.69) is 29.2 Å². The monoisotopic (exact) mass is 393 g/mol. The molecule has 1 amide bonds. The molecular formula is C20H31N3O3S. The molecule has 1 aliphatic heterocycles. The van der Waals surface area contributed by atoms with Gasteiger partial charge in [-0.2, -0.15) is 0 Å². The predicted octanol–water partition coefficient (Wildman–Crippen LogP) is 1.91. The van der Waals surface area contributed by atoms with Gasteiger partial charge < -0.3 is 4.90 Å². The van der Waals surface area contributed by atoms with Crippen LogP contribution in [0.3, 0.4) is 0 Å². The highest BCUT2D eigenvalue weighted by molar-refractivity contribution is 7.88. The number of carbonyl (C=O) groups is 1. The van der Waals surface area contributed by atoms with Gasteiger partial charge in [0, 0.05) is 52.2 Å². The summed E-state index contributed by atoms with van der Waals surface area (Å²) in [6, 6.07) is 10.2. The van der Waals surface area contributed by atoms with E-state index in [4.69, 9.17) is 0 Å². The number of benzene rings is 1. The normalized spacial score (nSPS) is 16.3. The minimum absolute atomic E-state index is 0.0410. The lowest BCUT2D eigenvalue weighted by Crippen LogP contribution is -2.49. The Labute approximate surface area is 163 Å². The minimum atomic E-state index is -3.25. The Morgan fingerprint density at radius 3 is 2.37 bits per heavy atom. The van der Waals surface area contributed by atoms with E-state index in [-0.39, 0.29) is 18.9 Å². The van der Waals surface area contributed by atoms with Crippen LogP contribution >= 0.6 is 0 Å². The molecule has 0 spiro atoms. The second kappa shape index (κ2) is 10.6. The Morgan fingerprint density at radius 1 is 1.11 bits per heavy atom. The molecule has 0 saturated carbocycles. The Morgan fingerprint density at radius 2 is 1.78 bits per heavy atom. The van der Waals surface area contributed by atoms with E-state index >= 15 is 0 Å². The van der Waals surface area contributed by atoms with Crippen LogP contribution in [0.5, 0.6) is 0 Å². The number of carbonyl (C=O) groups excluding carboxylic acids is 1. The van der Waals surface area contributed by atoms with E-state index in [1.807, 2.05) is 30.0 Å². The molecule has 1 aromatic carbocycles. The quantitative estimate of drug-likeness (QED) is 0.643. The average molecular weight is 394 g/mol. The number of piperazine rings is 1. The molecule has 0 aromatic heterocycles. The lowest BCUT2D eigenvalue weighted by molar-refractivity contribution is -0.133. The lowest BCUT2D eigenvalue weighted by atomic mass is 10.2. The molecular weight excluding hydrogens is 362 g/mol. The van der Waals surface area contributed by atoms with Crippen molar-refractivity contribution in [2.75, 3.05) is 52.1 Å². The first-order chi connectivity index (χ1) is 12.9. The molecule has 0 N–H and O–H groups in total. The molecule has 1 heterocycles. The van der Waals surface area contributed by atoms with Gasteiger partial charge in [-0.05, 0) is 12.0 Å². The van der Waals surface area contributed by atoms with Gasteiger partial charge in [0.2, 0.25) is 15.9 Å². The summed E-state index contributed by atoms with van der Waals surface area (Å²) in [6.07, 6.45) is 6.47. The summed E-state index contributed by atoms with van der Waals surface area (Å²) in [5, 5.41) is 0. The summed E-state index contributed by atoms with van der Waals surface area (Å²) < 4.78 is 24.9. The fourth-order valence-electron chi connectivity index (χ4n) is 3.15. The van der Waals surface area contributed by atoms with Crippen LogP contribution in [-0.2, 0) is 14.8 Å². The third kappa shape index (κ3) is 7.44. The number of sulfonamides is 1. The summed E-state index contributed by atoms with van der Waals surface area (Å²) in [7, 11) is -3.25. The van der Waals surface area contributed by atoms with E-state index in [0.29, 0.717) is 19.6 Å². The Balaban J connectivity index is 1.73. The summed E-state index contributed by atoms with van der Waals surface area (Å²) in [5.41, 5.74) is 1.19. The van der Waals surface area contributed by atoms with Crippen molar-refractivity contribution in [3.8, 4) is 0 Å². The molecule has 1 aliphatic rings.